The number of aromatic nitrogens is 1. The van der Waals surface area contributed by atoms with Gasteiger partial charge in [0.25, 0.3) is 0 Å². The van der Waals surface area contributed by atoms with Gasteiger partial charge < -0.3 is 4.90 Å². The van der Waals surface area contributed by atoms with Gasteiger partial charge in [-0.3, -0.25) is 4.99 Å². The minimum atomic E-state index is -0.399. The molecule has 0 atom stereocenters. The van der Waals surface area contributed by atoms with Crippen molar-refractivity contribution in [3.63, 3.8) is 0 Å². The van der Waals surface area contributed by atoms with E-state index >= 15 is 0 Å². The van der Waals surface area contributed by atoms with Crippen LogP contribution in [0.15, 0.2) is 77.9 Å². The Labute approximate surface area is 171 Å². The summed E-state index contributed by atoms with van der Waals surface area (Å²) in [7, 11) is 0. The van der Waals surface area contributed by atoms with Gasteiger partial charge in [-0.1, -0.05) is 54.6 Å². The topological polar surface area (TPSA) is 52.3 Å². The molecule has 3 heterocycles. The summed E-state index contributed by atoms with van der Waals surface area (Å²) in [5, 5.41) is 9.93. The Bertz CT molecular complexity index is 1100. The third-order valence-electron chi connectivity index (χ3n) is 6.18. The highest BCUT2D eigenvalue weighted by molar-refractivity contribution is 6.15. The maximum atomic E-state index is 9.93. The fourth-order valence-corrected chi connectivity index (χ4v) is 4.46. The van der Waals surface area contributed by atoms with Crippen LogP contribution >= 0.6 is 0 Å². The fraction of sp³-hybridized carbons (Fsp3) is 0.240. The summed E-state index contributed by atoms with van der Waals surface area (Å²) in [6.45, 7) is 2.39. The maximum absolute atomic E-state index is 9.93. The lowest BCUT2D eigenvalue weighted by Gasteiger charge is -2.38. The minimum absolute atomic E-state index is 0.399. The molecule has 0 aliphatic carbocycles. The highest BCUT2D eigenvalue weighted by atomic mass is 15.2. The Balaban J connectivity index is 1.38. The number of piperidine rings is 1. The number of hydrogen-bond acceptors (Lipinski definition) is 4. The number of nitrogens with zero attached hydrogens (tertiary/aromatic N) is 4. The van der Waals surface area contributed by atoms with Crippen molar-refractivity contribution in [3.05, 3.63) is 95.2 Å². The highest BCUT2D eigenvalue weighted by Crippen LogP contribution is 2.36. The van der Waals surface area contributed by atoms with E-state index in [1.165, 1.54) is 11.1 Å². The average molecular weight is 378 g/mol. The molecule has 0 saturated carbocycles. The maximum Gasteiger partial charge on any atom is 0.129 e. The quantitative estimate of drug-likeness (QED) is 0.674. The number of hydrogen-bond donors (Lipinski definition) is 0. The third-order valence-corrected chi connectivity index (χ3v) is 6.18. The first-order chi connectivity index (χ1) is 14.3. The molecule has 0 N–H and O–H groups in total. The predicted molar refractivity (Wildman–Crippen MR) is 115 cm³/mol. The molecule has 4 nitrogen and oxygen atoms in total. The van der Waals surface area contributed by atoms with Crippen molar-refractivity contribution in [2.45, 2.75) is 24.8 Å². The van der Waals surface area contributed by atoms with Crippen LogP contribution in [0, 0.1) is 11.3 Å². The van der Waals surface area contributed by atoms with Crippen molar-refractivity contribution in [2.24, 2.45) is 4.99 Å². The molecule has 1 aromatic heterocycles. The molecule has 3 aromatic rings. The second-order valence-corrected chi connectivity index (χ2v) is 7.77. The summed E-state index contributed by atoms with van der Waals surface area (Å²) in [6.07, 6.45) is 3.49. The molecule has 5 rings (SSSR count). The summed E-state index contributed by atoms with van der Waals surface area (Å²) < 4.78 is 0. The van der Waals surface area contributed by atoms with Gasteiger partial charge in [0.1, 0.15) is 5.82 Å². The van der Waals surface area contributed by atoms with Gasteiger partial charge in [0.2, 0.25) is 0 Å². The molecule has 0 bridgehead atoms. The van der Waals surface area contributed by atoms with Crippen LogP contribution in [0.25, 0.3) is 0 Å². The zero-order chi connectivity index (χ0) is 19.7. The van der Waals surface area contributed by atoms with E-state index in [2.05, 4.69) is 58.4 Å². The largest absolute Gasteiger partial charge is 0.356 e. The van der Waals surface area contributed by atoms with Crippen LogP contribution in [0.3, 0.4) is 0 Å². The minimum Gasteiger partial charge on any atom is -0.356 e. The summed E-state index contributed by atoms with van der Waals surface area (Å²) >= 11 is 0. The van der Waals surface area contributed by atoms with Crippen LogP contribution in [0.5, 0.6) is 0 Å². The molecule has 4 heteroatoms. The van der Waals surface area contributed by atoms with Crippen molar-refractivity contribution in [1.82, 2.24) is 4.98 Å². The Hall–Kier alpha value is -3.45. The Morgan fingerprint density at radius 3 is 2.48 bits per heavy atom. The van der Waals surface area contributed by atoms with Crippen LogP contribution in [0.2, 0.25) is 0 Å². The number of fused-ring (bicyclic) bond motifs is 1. The normalized spacial score (nSPS) is 17.3. The van der Waals surface area contributed by atoms with Crippen molar-refractivity contribution in [2.75, 3.05) is 18.0 Å². The lowest BCUT2D eigenvalue weighted by Crippen LogP contribution is -2.42. The molecular weight excluding hydrogens is 356 g/mol. The monoisotopic (exact) mass is 378 g/mol. The molecule has 2 aliphatic heterocycles. The SMILES string of the molecule is N#CC1(c2ccccc2)CCN(c2cc(C3=NCc4ccccc43)ccn2)CC1. The molecule has 2 aliphatic rings. The lowest BCUT2D eigenvalue weighted by atomic mass is 9.74. The Morgan fingerprint density at radius 2 is 1.69 bits per heavy atom. The van der Waals surface area contributed by atoms with Crippen molar-refractivity contribution >= 4 is 11.5 Å². The van der Waals surface area contributed by atoms with Crippen LogP contribution in [0.4, 0.5) is 5.82 Å². The Morgan fingerprint density at radius 1 is 0.931 bits per heavy atom. The summed E-state index contributed by atoms with van der Waals surface area (Å²) in [4.78, 5) is 11.7. The fourth-order valence-electron chi connectivity index (χ4n) is 4.46. The Kier molecular flexibility index (Phi) is 4.37. The summed E-state index contributed by atoms with van der Waals surface area (Å²) in [6, 6.07) is 25.4. The van der Waals surface area contributed by atoms with Crippen molar-refractivity contribution in [3.8, 4) is 6.07 Å². The average Bonchev–Trinajstić information content (AvgIpc) is 3.24. The van der Waals surface area contributed by atoms with E-state index in [0.717, 1.165) is 55.1 Å². The molecular formula is C25H22N4. The van der Waals surface area contributed by atoms with Crippen LogP contribution in [-0.4, -0.2) is 23.8 Å². The third kappa shape index (κ3) is 3.09. The molecule has 0 spiro atoms. The molecule has 0 radical (unpaired) electrons. The number of aliphatic imine (C=N–C) groups is 1. The van der Waals surface area contributed by atoms with E-state index < -0.39 is 5.41 Å². The summed E-state index contributed by atoms with van der Waals surface area (Å²) in [5.41, 5.74) is 5.39. The number of anilines is 1. The first kappa shape index (κ1) is 17.6. The highest BCUT2D eigenvalue weighted by Gasteiger charge is 2.36. The van der Waals surface area contributed by atoms with Crippen molar-refractivity contribution < 1.29 is 0 Å². The van der Waals surface area contributed by atoms with E-state index in [-0.39, 0.29) is 0 Å². The van der Waals surface area contributed by atoms with Gasteiger partial charge in [0.15, 0.2) is 0 Å². The van der Waals surface area contributed by atoms with Gasteiger partial charge in [-0.25, -0.2) is 4.98 Å². The van der Waals surface area contributed by atoms with Gasteiger partial charge in [0.05, 0.1) is 23.7 Å². The number of nitriles is 1. The van der Waals surface area contributed by atoms with Crippen molar-refractivity contribution in [1.29, 1.82) is 5.26 Å². The van der Waals surface area contributed by atoms with Gasteiger partial charge in [-0.05, 0) is 36.1 Å². The molecule has 1 saturated heterocycles. The van der Waals surface area contributed by atoms with E-state index in [4.69, 9.17) is 4.99 Å². The predicted octanol–water partition coefficient (Wildman–Crippen LogP) is 4.49. The zero-order valence-corrected chi connectivity index (χ0v) is 16.3. The second kappa shape index (κ2) is 7.18. The lowest BCUT2D eigenvalue weighted by molar-refractivity contribution is 0.414. The van der Waals surface area contributed by atoms with Gasteiger partial charge >= 0.3 is 0 Å². The number of pyridine rings is 1. The van der Waals surface area contributed by atoms with Gasteiger partial charge in [-0.2, -0.15) is 5.26 Å². The van der Waals surface area contributed by atoms with E-state index in [1.54, 1.807) is 0 Å². The second-order valence-electron chi connectivity index (χ2n) is 7.77. The van der Waals surface area contributed by atoms with Crippen LogP contribution in [-0.2, 0) is 12.0 Å². The molecule has 1 fully saturated rings. The smallest absolute Gasteiger partial charge is 0.129 e. The molecule has 0 amide bonds. The standard InChI is InChI=1S/C25H22N4/c26-18-25(21-7-2-1-3-8-21)11-14-29(15-12-25)23-16-19(10-13-27-23)24-22-9-5-4-6-20(22)17-28-24/h1-10,13,16H,11-12,14-15,17H2. The van der Waals surface area contributed by atoms with E-state index in [9.17, 15) is 5.26 Å². The number of rotatable bonds is 3. The first-order valence-electron chi connectivity index (χ1n) is 10.1. The number of benzene rings is 2. The molecule has 0 unspecified atom stereocenters. The molecule has 2 aromatic carbocycles. The molecule has 29 heavy (non-hydrogen) atoms. The van der Waals surface area contributed by atoms with Crippen LogP contribution < -0.4 is 4.90 Å². The summed E-state index contributed by atoms with van der Waals surface area (Å²) in [5.74, 6) is 0.967. The van der Waals surface area contributed by atoms with Crippen LogP contribution in [0.1, 0.15) is 35.1 Å². The van der Waals surface area contributed by atoms with Gasteiger partial charge in [-0.15, -0.1) is 0 Å². The van der Waals surface area contributed by atoms with Gasteiger partial charge in [0, 0.05) is 30.4 Å². The zero-order valence-electron chi connectivity index (χ0n) is 16.3. The first-order valence-corrected chi connectivity index (χ1v) is 10.1. The van der Waals surface area contributed by atoms with E-state index in [0.29, 0.717) is 0 Å². The van der Waals surface area contributed by atoms with E-state index in [1.807, 2.05) is 30.5 Å². The molecule has 142 valence electrons.